The van der Waals surface area contributed by atoms with Crippen LogP contribution in [0.4, 0.5) is 43.7 Å². The predicted octanol–water partition coefficient (Wildman–Crippen LogP) is 2.44. The number of aliphatic hydroxyl groups is 2. The van der Waals surface area contributed by atoms with Crippen LogP contribution in [0.1, 0.15) is 23.2 Å². The van der Waals surface area contributed by atoms with E-state index < -0.39 is 88.4 Å². The van der Waals surface area contributed by atoms with Gasteiger partial charge in [-0.25, -0.2) is 18.2 Å². The van der Waals surface area contributed by atoms with Gasteiger partial charge in [0.05, 0.1) is 23.7 Å². The average molecular weight is 544 g/mol. The minimum atomic E-state index is -5.07. The highest BCUT2D eigenvalue weighted by Crippen LogP contribution is 2.57. The summed E-state index contributed by atoms with van der Waals surface area (Å²) in [5, 5.41) is 19.8. The van der Waals surface area contributed by atoms with Gasteiger partial charge in [-0.15, -0.1) is 0 Å². The summed E-state index contributed by atoms with van der Waals surface area (Å²) in [4.78, 5) is 32.8. The van der Waals surface area contributed by atoms with Crippen molar-refractivity contribution in [3.63, 3.8) is 0 Å². The van der Waals surface area contributed by atoms with Crippen molar-refractivity contribution in [3.8, 4) is 0 Å². The second kappa shape index (κ2) is 8.83. The second-order valence-electron chi connectivity index (χ2n) is 9.91. The zero-order chi connectivity index (χ0) is 27.7. The number of hydrogen-bond donors (Lipinski definition) is 3. The molecular formula is C24H22F6N4O4. The average Bonchev–Trinajstić information content (AvgIpc) is 3.57. The third-order valence-electron chi connectivity index (χ3n) is 7.42. The Kier molecular flexibility index (Phi) is 6.10. The van der Waals surface area contributed by atoms with E-state index in [1.54, 1.807) is 0 Å². The van der Waals surface area contributed by atoms with Crippen molar-refractivity contribution in [3.05, 3.63) is 47.3 Å². The molecule has 3 aliphatic rings. The number of Topliss-reactive ketones (excluding diaryl/α,β-unsaturated/α-hetero) is 1. The van der Waals surface area contributed by atoms with Crippen LogP contribution in [0.5, 0.6) is 0 Å². The standard InChI is InChI=1S/C24H22F6N4O4/c25-11-5-13(26)18(14(27)6-11)34-9-23(22(31)38,19(10-1-2-10)24(28,29)30)20(37)12-3-4-17(32-21(12)34)33-7-15(35)16(36)8-33/h3-6,10,15-16,19,35-36H,1-2,7-9H2,(H2,31,38)/t15-,16-,19+,23?/m1/s1. The topological polar surface area (TPSA) is 120 Å². The van der Waals surface area contributed by atoms with E-state index in [0.29, 0.717) is 17.0 Å². The van der Waals surface area contributed by atoms with Gasteiger partial charge in [0.1, 0.15) is 28.6 Å². The van der Waals surface area contributed by atoms with Gasteiger partial charge in [0.25, 0.3) is 0 Å². The lowest BCUT2D eigenvalue weighted by Crippen LogP contribution is -2.62. The predicted molar refractivity (Wildman–Crippen MR) is 120 cm³/mol. The Hall–Kier alpha value is -3.39. The summed E-state index contributed by atoms with van der Waals surface area (Å²) in [5.41, 5.74) is 0.976. The lowest BCUT2D eigenvalue weighted by Gasteiger charge is -2.45. The van der Waals surface area contributed by atoms with Gasteiger partial charge in [-0.05, 0) is 30.9 Å². The van der Waals surface area contributed by atoms with Crippen molar-refractivity contribution >= 4 is 29.0 Å². The molecular weight excluding hydrogens is 522 g/mol. The number of alkyl halides is 3. The van der Waals surface area contributed by atoms with Crippen LogP contribution in [0.15, 0.2) is 24.3 Å². The molecule has 1 saturated carbocycles. The molecule has 4 N–H and O–H groups in total. The number of carbonyl (C=O) groups excluding carboxylic acids is 2. The molecule has 2 aliphatic heterocycles. The molecule has 8 nitrogen and oxygen atoms in total. The van der Waals surface area contributed by atoms with Crippen molar-refractivity contribution in [2.45, 2.75) is 31.2 Å². The zero-order valence-electron chi connectivity index (χ0n) is 19.6. The minimum Gasteiger partial charge on any atom is -0.389 e. The van der Waals surface area contributed by atoms with Crippen molar-refractivity contribution in [1.82, 2.24) is 4.98 Å². The molecule has 3 heterocycles. The summed E-state index contributed by atoms with van der Waals surface area (Å²) in [6.07, 6.45) is -7.23. The molecule has 1 aromatic heterocycles. The summed E-state index contributed by atoms with van der Waals surface area (Å²) in [6, 6.07) is 2.88. The number of amides is 1. The molecule has 0 radical (unpaired) electrons. The van der Waals surface area contributed by atoms with Gasteiger partial charge >= 0.3 is 6.18 Å². The SMILES string of the molecule is NC(=O)C1([C@H](C2CC2)C(F)(F)F)CN(c2c(F)cc(F)cc2F)c2nc(N3C[C@@H](O)[C@H](O)C3)ccc2C1=O. The molecule has 1 saturated heterocycles. The number of β-amino-alcohol motifs (C(OH)–C–C–N with tert-alkyl or cyclic N) is 2. The number of pyridine rings is 1. The number of benzene rings is 1. The molecule has 0 bridgehead atoms. The van der Waals surface area contributed by atoms with Crippen LogP contribution < -0.4 is 15.5 Å². The van der Waals surface area contributed by atoms with Crippen molar-refractivity contribution < 1.29 is 46.1 Å². The molecule has 1 aromatic carbocycles. The molecule has 0 spiro atoms. The number of aromatic nitrogens is 1. The number of anilines is 3. The fraction of sp³-hybridized carbons (Fsp3) is 0.458. The van der Waals surface area contributed by atoms with Crippen LogP contribution in [0, 0.1) is 34.7 Å². The Morgan fingerprint density at radius 1 is 1.08 bits per heavy atom. The van der Waals surface area contributed by atoms with Gasteiger partial charge in [-0.3, -0.25) is 9.59 Å². The maximum atomic E-state index is 15.0. The first-order valence-corrected chi connectivity index (χ1v) is 11.7. The molecule has 1 amide bonds. The van der Waals surface area contributed by atoms with Crippen LogP contribution in [-0.4, -0.2) is 64.9 Å². The number of ketones is 1. The van der Waals surface area contributed by atoms with Crippen molar-refractivity contribution in [1.29, 1.82) is 0 Å². The van der Waals surface area contributed by atoms with E-state index in [2.05, 4.69) is 4.98 Å². The maximum Gasteiger partial charge on any atom is 0.393 e. The highest BCUT2D eigenvalue weighted by molar-refractivity contribution is 6.18. The normalized spacial score (nSPS) is 26.5. The fourth-order valence-corrected chi connectivity index (χ4v) is 5.53. The monoisotopic (exact) mass is 544 g/mol. The Bertz CT molecular complexity index is 1290. The summed E-state index contributed by atoms with van der Waals surface area (Å²) < 4.78 is 86.9. The molecule has 5 rings (SSSR count). The number of primary amides is 1. The minimum absolute atomic E-state index is 0.0289. The number of carbonyl (C=O) groups is 2. The molecule has 2 aromatic rings. The van der Waals surface area contributed by atoms with E-state index >= 15 is 8.78 Å². The quantitative estimate of drug-likeness (QED) is 0.391. The third kappa shape index (κ3) is 4.06. The van der Waals surface area contributed by atoms with E-state index in [1.165, 1.54) is 11.0 Å². The van der Waals surface area contributed by atoms with Crippen LogP contribution >= 0.6 is 0 Å². The zero-order valence-corrected chi connectivity index (χ0v) is 19.6. The van der Waals surface area contributed by atoms with Crippen LogP contribution in [0.25, 0.3) is 0 Å². The van der Waals surface area contributed by atoms with Gasteiger partial charge in [-0.1, -0.05) is 0 Å². The van der Waals surface area contributed by atoms with E-state index in [-0.39, 0.29) is 31.7 Å². The first-order valence-electron chi connectivity index (χ1n) is 11.7. The summed E-state index contributed by atoms with van der Waals surface area (Å²) in [5.74, 6) is -11.3. The number of halogens is 6. The van der Waals surface area contributed by atoms with E-state index in [9.17, 15) is 37.4 Å². The van der Waals surface area contributed by atoms with Crippen LogP contribution in [-0.2, 0) is 4.79 Å². The van der Waals surface area contributed by atoms with E-state index in [1.807, 2.05) is 0 Å². The lowest BCUT2D eigenvalue weighted by molar-refractivity contribution is -0.206. The molecule has 4 atom stereocenters. The maximum absolute atomic E-state index is 15.0. The number of nitrogens with zero attached hydrogens (tertiary/aromatic N) is 3. The first-order chi connectivity index (χ1) is 17.8. The summed E-state index contributed by atoms with van der Waals surface area (Å²) >= 11 is 0. The number of hydrogen-bond acceptors (Lipinski definition) is 7. The Morgan fingerprint density at radius 2 is 1.66 bits per heavy atom. The fourth-order valence-electron chi connectivity index (χ4n) is 5.53. The highest BCUT2D eigenvalue weighted by Gasteiger charge is 2.68. The van der Waals surface area contributed by atoms with Gasteiger partial charge in [0, 0.05) is 31.8 Å². The largest absolute Gasteiger partial charge is 0.393 e. The Morgan fingerprint density at radius 3 is 2.16 bits per heavy atom. The molecule has 1 aliphatic carbocycles. The highest BCUT2D eigenvalue weighted by atomic mass is 19.4. The Balaban J connectivity index is 1.74. The van der Waals surface area contributed by atoms with Gasteiger partial charge in [0.2, 0.25) is 5.91 Å². The summed E-state index contributed by atoms with van der Waals surface area (Å²) in [7, 11) is 0. The van der Waals surface area contributed by atoms with Crippen LogP contribution in [0.3, 0.4) is 0 Å². The van der Waals surface area contributed by atoms with Crippen molar-refractivity contribution in [2.75, 3.05) is 29.4 Å². The molecule has 38 heavy (non-hydrogen) atoms. The summed E-state index contributed by atoms with van der Waals surface area (Å²) in [6.45, 7) is -1.39. The second-order valence-corrected chi connectivity index (χ2v) is 9.91. The number of rotatable bonds is 5. The van der Waals surface area contributed by atoms with Crippen molar-refractivity contribution in [2.24, 2.45) is 23.0 Å². The lowest BCUT2D eigenvalue weighted by atomic mass is 9.65. The van der Waals surface area contributed by atoms with Crippen LogP contribution in [0.2, 0.25) is 0 Å². The van der Waals surface area contributed by atoms with E-state index in [4.69, 9.17) is 5.73 Å². The smallest absolute Gasteiger partial charge is 0.389 e. The third-order valence-corrected chi connectivity index (χ3v) is 7.42. The Labute approximate surface area is 211 Å². The molecule has 204 valence electrons. The number of fused-ring (bicyclic) bond motifs is 1. The van der Waals surface area contributed by atoms with E-state index in [0.717, 1.165) is 6.07 Å². The van der Waals surface area contributed by atoms with Gasteiger partial charge in [0.15, 0.2) is 17.4 Å². The molecule has 2 fully saturated rings. The van der Waals surface area contributed by atoms with Gasteiger partial charge < -0.3 is 25.7 Å². The number of nitrogens with two attached hydrogens (primary N) is 1. The van der Waals surface area contributed by atoms with Gasteiger partial charge in [-0.2, -0.15) is 13.2 Å². The number of aliphatic hydroxyl groups excluding tert-OH is 2. The molecule has 1 unspecified atom stereocenters. The first kappa shape index (κ1) is 26.2. The molecule has 14 heteroatoms.